The standard InChI is InChI=1S/C9H15F3N2O3S/c1-6(13-18(2,16)17)8(15)14-5-3-4-7(14)9(10,11)12/h6-7,13H,3-5H2,1-2H3/t6?,7-/m0/s1. The summed E-state index contributed by atoms with van der Waals surface area (Å²) in [6.45, 7) is 1.23. The van der Waals surface area contributed by atoms with E-state index in [1.54, 1.807) is 0 Å². The number of halogens is 3. The summed E-state index contributed by atoms with van der Waals surface area (Å²) < 4.78 is 61.8. The van der Waals surface area contributed by atoms with Crippen LogP contribution in [-0.4, -0.2) is 50.3 Å². The molecule has 1 fully saturated rings. The molecule has 1 aliphatic rings. The summed E-state index contributed by atoms with van der Waals surface area (Å²) in [4.78, 5) is 12.5. The lowest BCUT2D eigenvalue weighted by Gasteiger charge is -2.28. The highest BCUT2D eigenvalue weighted by Crippen LogP contribution is 2.32. The van der Waals surface area contributed by atoms with Crippen LogP contribution in [0.2, 0.25) is 0 Å². The van der Waals surface area contributed by atoms with Gasteiger partial charge in [-0.2, -0.15) is 13.2 Å². The fourth-order valence-electron chi connectivity index (χ4n) is 1.99. The summed E-state index contributed by atoms with van der Waals surface area (Å²) in [5.41, 5.74) is 0. The molecule has 18 heavy (non-hydrogen) atoms. The first-order valence-corrected chi connectivity index (χ1v) is 7.26. The Morgan fingerprint density at radius 1 is 1.44 bits per heavy atom. The molecular formula is C9H15F3N2O3S. The maximum Gasteiger partial charge on any atom is 0.408 e. The molecule has 9 heteroatoms. The second-order valence-electron chi connectivity index (χ2n) is 4.34. The van der Waals surface area contributed by atoms with Crippen molar-refractivity contribution < 1.29 is 26.4 Å². The van der Waals surface area contributed by atoms with E-state index < -0.39 is 34.2 Å². The van der Waals surface area contributed by atoms with Crippen LogP contribution < -0.4 is 4.72 Å². The van der Waals surface area contributed by atoms with Gasteiger partial charge in [-0.25, -0.2) is 13.1 Å². The Morgan fingerprint density at radius 2 is 2.00 bits per heavy atom. The maximum atomic E-state index is 12.6. The van der Waals surface area contributed by atoms with E-state index in [0.29, 0.717) is 4.90 Å². The molecule has 1 rings (SSSR count). The smallest absolute Gasteiger partial charge is 0.329 e. The lowest BCUT2D eigenvalue weighted by Crippen LogP contribution is -2.52. The zero-order valence-corrected chi connectivity index (χ0v) is 10.8. The van der Waals surface area contributed by atoms with Crippen molar-refractivity contribution in [2.75, 3.05) is 12.8 Å². The number of hydrogen-bond acceptors (Lipinski definition) is 3. The monoisotopic (exact) mass is 288 g/mol. The van der Waals surface area contributed by atoms with Gasteiger partial charge in [-0.15, -0.1) is 0 Å². The van der Waals surface area contributed by atoms with E-state index in [1.807, 2.05) is 4.72 Å². The van der Waals surface area contributed by atoms with Crippen LogP contribution in [0.25, 0.3) is 0 Å². The molecule has 1 heterocycles. The minimum atomic E-state index is -4.48. The summed E-state index contributed by atoms with van der Waals surface area (Å²) in [5.74, 6) is -0.847. The average Bonchev–Trinajstić information content (AvgIpc) is 2.60. The number of nitrogens with one attached hydrogen (secondary N) is 1. The van der Waals surface area contributed by atoms with Gasteiger partial charge in [0.2, 0.25) is 15.9 Å². The number of amides is 1. The fourth-order valence-corrected chi connectivity index (χ4v) is 2.73. The van der Waals surface area contributed by atoms with Crippen LogP contribution in [-0.2, 0) is 14.8 Å². The zero-order valence-electron chi connectivity index (χ0n) is 9.99. The summed E-state index contributed by atoms with van der Waals surface area (Å²) in [6, 6.07) is -3.00. The molecule has 1 N–H and O–H groups in total. The van der Waals surface area contributed by atoms with Gasteiger partial charge < -0.3 is 4.90 Å². The van der Waals surface area contributed by atoms with E-state index in [-0.39, 0.29) is 19.4 Å². The molecule has 0 radical (unpaired) electrons. The van der Waals surface area contributed by atoms with Gasteiger partial charge >= 0.3 is 6.18 Å². The molecule has 1 amide bonds. The summed E-state index contributed by atoms with van der Waals surface area (Å²) in [5, 5.41) is 0. The zero-order chi connectivity index (χ0) is 14.1. The average molecular weight is 288 g/mol. The van der Waals surface area contributed by atoms with Crippen molar-refractivity contribution in [3.63, 3.8) is 0 Å². The normalized spacial score (nSPS) is 23.2. The third kappa shape index (κ3) is 3.84. The molecule has 0 aliphatic carbocycles. The molecule has 0 bridgehead atoms. The van der Waals surface area contributed by atoms with E-state index in [2.05, 4.69) is 0 Å². The number of likely N-dealkylation sites (tertiary alicyclic amines) is 1. The molecular weight excluding hydrogens is 273 g/mol. The summed E-state index contributed by atoms with van der Waals surface area (Å²) >= 11 is 0. The van der Waals surface area contributed by atoms with Gasteiger partial charge in [0.25, 0.3) is 0 Å². The predicted octanol–water partition coefficient (Wildman–Crippen LogP) is 0.477. The van der Waals surface area contributed by atoms with Gasteiger partial charge in [-0.1, -0.05) is 0 Å². The van der Waals surface area contributed by atoms with E-state index >= 15 is 0 Å². The fraction of sp³-hybridized carbons (Fsp3) is 0.889. The van der Waals surface area contributed by atoms with E-state index in [4.69, 9.17) is 0 Å². The Labute approximate surface area is 103 Å². The highest BCUT2D eigenvalue weighted by molar-refractivity contribution is 7.88. The maximum absolute atomic E-state index is 12.6. The molecule has 0 saturated carbocycles. The van der Waals surface area contributed by atoms with E-state index in [0.717, 1.165) is 6.26 Å². The number of nitrogens with zero attached hydrogens (tertiary/aromatic N) is 1. The highest BCUT2D eigenvalue weighted by atomic mass is 32.2. The van der Waals surface area contributed by atoms with E-state index in [1.165, 1.54) is 6.92 Å². The minimum Gasteiger partial charge on any atom is -0.329 e. The second kappa shape index (κ2) is 5.04. The Bertz CT molecular complexity index is 421. The number of sulfonamides is 1. The number of carbonyl (C=O) groups excluding carboxylic acids is 1. The van der Waals surface area contributed by atoms with E-state index in [9.17, 15) is 26.4 Å². The molecule has 0 aromatic rings. The quantitative estimate of drug-likeness (QED) is 0.821. The van der Waals surface area contributed by atoms with Crippen molar-refractivity contribution in [3.05, 3.63) is 0 Å². The first-order valence-electron chi connectivity index (χ1n) is 5.37. The number of hydrogen-bond donors (Lipinski definition) is 1. The van der Waals surface area contributed by atoms with Gasteiger partial charge in [-0.3, -0.25) is 4.79 Å². The topological polar surface area (TPSA) is 66.5 Å². The first-order chi connectivity index (χ1) is 8.02. The Hall–Kier alpha value is -0.830. The van der Waals surface area contributed by atoms with Crippen LogP contribution in [0.1, 0.15) is 19.8 Å². The molecule has 0 spiro atoms. The van der Waals surface area contributed by atoms with Crippen LogP contribution in [0.4, 0.5) is 13.2 Å². The Kier molecular flexibility index (Phi) is 4.26. The molecule has 2 atom stereocenters. The molecule has 1 unspecified atom stereocenters. The Balaban J connectivity index is 2.77. The van der Waals surface area contributed by atoms with Gasteiger partial charge in [0.05, 0.1) is 12.3 Å². The van der Waals surface area contributed by atoms with Crippen LogP contribution in [0, 0.1) is 0 Å². The van der Waals surface area contributed by atoms with Crippen LogP contribution in [0.5, 0.6) is 0 Å². The van der Waals surface area contributed by atoms with Gasteiger partial charge in [0.1, 0.15) is 6.04 Å². The van der Waals surface area contributed by atoms with Gasteiger partial charge in [-0.05, 0) is 19.8 Å². The molecule has 5 nitrogen and oxygen atoms in total. The molecule has 1 aliphatic heterocycles. The van der Waals surface area contributed by atoms with Crippen molar-refractivity contribution in [1.29, 1.82) is 0 Å². The number of carbonyl (C=O) groups is 1. The predicted molar refractivity (Wildman–Crippen MR) is 58.2 cm³/mol. The van der Waals surface area contributed by atoms with Gasteiger partial charge in [0, 0.05) is 6.54 Å². The van der Waals surface area contributed by atoms with Gasteiger partial charge in [0.15, 0.2) is 0 Å². The van der Waals surface area contributed by atoms with Crippen LogP contribution in [0.15, 0.2) is 0 Å². The van der Waals surface area contributed by atoms with Crippen molar-refractivity contribution in [3.8, 4) is 0 Å². The summed E-state index contributed by atoms with van der Waals surface area (Å²) in [7, 11) is -3.63. The van der Waals surface area contributed by atoms with Crippen molar-refractivity contribution in [1.82, 2.24) is 9.62 Å². The third-order valence-corrected chi connectivity index (χ3v) is 3.46. The number of rotatable bonds is 3. The lowest BCUT2D eigenvalue weighted by atomic mass is 10.2. The van der Waals surface area contributed by atoms with Crippen molar-refractivity contribution >= 4 is 15.9 Å². The van der Waals surface area contributed by atoms with Crippen LogP contribution >= 0.6 is 0 Å². The highest BCUT2D eigenvalue weighted by Gasteiger charge is 2.48. The Morgan fingerprint density at radius 3 is 2.44 bits per heavy atom. The van der Waals surface area contributed by atoms with Crippen LogP contribution in [0.3, 0.4) is 0 Å². The molecule has 106 valence electrons. The molecule has 0 aromatic carbocycles. The van der Waals surface area contributed by atoms with Crippen molar-refractivity contribution in [2.24, 2.45) is 0 Å². The largest absolute Gasteiger partial charge is 0.408 e. The molecule has 0 aromatic heterocycles. The second-order valence-corrected chi connectivity index (χ2v) is 6.12. The SMILES string of the molecule is CC(NS(C)(=O)=O)C(=O)N1CCC[C@H]1C(F)(F)F. The lowest BCUT2D eigenvalue weighted by molar-refractivity contribution is -0.183. The summed E-state index contributed by atoms with van der Waals surface area (Å²) in [6.07, 6.45) is -3.50. The molecule has 1 saturated heterocycles. The van der Waals surface area contributed by atoms with Crippen molar-refractivity contribution in [2.45, 2.75) is 38.0 Å². The third-order valence-electron chi connectivity index (χ3n) is 2.67. The minimum absolute atomic E-state index is 0.00120. The number of alkyl halides is 3. The first kappa shape index (κ1) is 15.2.